The SMILES string of the molecule is CC(C)CC(NC(=O)C(N)CC(N)=O)C(=O)NC(C(=O)O)C(C)C. The van der Waals surface area contributed by atoms with Crippen molar-refractivity contribution in [3.05, 3.63) is 0 Å². The lowest BCUT2D eigenvalue weighted by Gasteiger charge is -2.25. The molecule has 0 rings (SSSR count). The molecule has 0 heterocycles. The summed E-state index contributed by atoms with van der Waals surface area (Å²) >= 11 is 0. The first kappa shape index (κ1) is 21.8. The molecule has 3 unspecified atom stereocenters. The molecular formula is C15H28N4O5. The van der Waals surface area contributed by atoms with Gasteiger partial charge in [0.15, 0.2) is 0 Å². The van der Waals surface area contributed by atoms with Crippen molar-refractivity contribution >= 4 is 23.7 Å². The van der Waals surface area contributed by atoms with E-state index in [1.165, 1.54) is 0 Å². The van der Waals surface area contributed by atoms with Crippen LogP contribution in [0, 0.1) is 11.8 Å². The highest BCUT2D eigenvalue weighted by molar-refractivity contribution is 5.93. The number of nitrogens with one attached hydrogen (secondary N) is 2. The molecule has 138 valence electrons. The van der Waals surface area contributed by atoms with Crippen LogP contribution in [0.1, 0.15) is 40.5 Å². The number of hydrogen-bond acceptors (Lipinski definition) is 5. The minimum Gasteiger partial charge on any atom is -0.480 e. The predicted octanol–water partition coefficient (Wildman–Crippen LogP) is -1.05. The van der Waals surface area contributed by atoms with Gasteiger partial charge in [-0.2, -0.15) is 0 Å². The van der Waals surface area contributed by atoms with Crippen LogP contribution in [0.4, 0.5) is 0 Å². The van der Waals surface area contributed by atoms with Crippen molar-refractivity contribution in [3.63, 3.8) is 0 Å². The Bertz CT molecular complexity index is 478. The fraction of sp³-hybridized carbons (Fsp3) is 0.733. The number of hydrogen-bond donors (Lipinski definition) is 5. The number of carboxylic acids is 1. The first-order valence-corrected chi connectivity index (χ1v) is 7.83. The summed E-state index contributed by atoms with van der Waals surface area (Å²) in [7, 11) is 0. The van der Waals surface area contributed by atoms with Crippen molar-refractivity contribution in [1.29, 1.82) is 0 Å². The molecule has 0 spiro atoms. The van der Waals surface area contributed by atoms with E-state index in [4.69, 9.17) is 16.6 Å². The standard InChI is InChI=1S/C15H28N4O5/c1-7(2)5-10(18-13(21)9(16)6-11(17)20)14(22)19-12(8(3)4)15(23)24/h7-10,12H,5-6,16H2,1-4H3,(H2,17,20)(H,18,21)(H,19,22)(H,23,24). The zero-order valence-corrected chi connectivity index (χ0v) is 14.5. The van der Waals surface area contributed by atoms with Crippen molar-refractivity contribution in [3.8, 4) is 0 Å². The number of amides is 3. The van der Waals surface area contributed by atoms with Crippen molar-refractivity contribution in [2.24, 2.45) is 23.3 Å². The molecule has 0 aliphatic carbocycles. The zero-order chi connectivity index (χ0) is 19.0. The highest BCUT2D eigenvalue weighted by Crippen LogP contribution is 2.08. The van der Waals surface area contributed by atoms with E-state index in [2.05, 4.69) is 10.6 Å². The molecule has 0 fully saturated rings. The second-order valence-electron chi connectivity index (χ2n) is 6.54. The van der Waals surface area contributed by atoms with Gasteiger partial charge in [0.25, 0.3) is 0 Å². The Hall–Kier alpha value is -2.16. The second-order valence-corrected chi connectivity index (χ2v) is 6.54. The Balaban J connectivity index is 5.04. The summed E-state index contributed by atoms with van der Waals surface area (Å²) in [6.45, 7) is 7.04. The van der Waals surface area contributed by atoms with E-state index in [1.54, 1.807) is 13.8 Å². The Labute approximate surface area is 141 Å². The highest BCUT2D eigenvalue weighted by Gasteiger charge is 2.30. The van der Waals surface area contributed by atoms with Gasteiger partial charge in [0.1, 0.15) is 12.1 Å². The first-order valence-electron chi connectivity index (χ1n) is 7.83. The van der Waals surface area contributed by atoms with E-state index < -0.39 is 41.8 Å². The molecule has 0 aromatic rings. The number of carboxylic acid groups (broad SMARTS) is 1. The minimum atomic E-state index is -1.16. The fourth-order valence-corrected chi connectivity index (χ4v) is 2.06. The molecule has 9 heteroatoms. The van der Waals surface area contributed by atoms with Gasteiger partial charge in [-0.25, -0.2) is 4.79 Å². The van der Waals surface area contributed by atoms with Crippen LogP contribution < -0.4 is 22.1 Å². The summed E-state index contributed by atoms with van der Waals surface area (Å²) < 4.78 is 0. The molecule has 9 nitrogen and oxygen atoms in total. The lowest BCUT2D eigenvalue weighted by atomic mass is 10.00. The summed E-state index contributed by atoms with van der Waals surface area (Å²) in [4.78, 5) is 46.4. The second kappa shape index (κ2) is 9.86. The lowest BCUT2D eigenvalue weighted by molar-refractivity contribution is -0.143. The summed E-state index contributed by atoms with van der Waals surface area (Å²) in [5, 5.41) is 14.0. The van der Waals surface area contributed by atoms with Gasteiger partial charge in [-0.05, 0) is 18.3 Å². The molecule has 3 atom stereocenters. The first-order chi connectivity index (χ1) is 11.0. The van der Waals surface area contributed by atoms with Crippen molar-refractivity contribution in [1.82, 2.24) is 10.6 Å². The molecular weight excluding hydrogens is 316 g/mol. The van der Waals surface area contributed by atoms with Gasteiger partial charge in [-0.1, -0.05) is 27.7 Å². The van der Waals surface area contributed by atoms with Crippen molar-refractivity contribution < 1.29 is 24.3 Å². The normalized spacial score (nSPS) is 14.8. The molecule has 0 aromatic carbocycles. The Morgan fingerprint density at radius 1 is 1.00 bits per heavy atom. The smallest absolute Gasteiger partial charge is 0.326 e. The van der Waals surface area contributed by atoms with Crippen LogP contribution >= 0.6 is 0 Å². The van der Waals surface area contributed by atoms with E-state index in [-0.39, 0.29) is 18.3 Å². The average molecular weight is 344 g/mol. The number of carbonyl (C=O) groups is 4. The predicted molar refractivity (Wildman–Crippen MR) is 87.6 cm³/mol. The van der Waals surface area contributed by atoms with Gasteiger partial charge in [-0.3, -0.25) is 14.4 Å². The topological polar surface area (TPSA) is 165 Å². The third-order valence-corrected chi connectivity index (χ3v) is 3.33. The quantitative estimate of drug-likeness (QED) is 0.339. The molecule has 0 aliphatic rings. The maximum Gasteiger partial charge on any atom is 0.326 e. The van der Waals surface area contributed by atoms with Crippen LogP contribution in [0.5, 0.6) is 0 Å². The maximum atomic E-state index is 12.4. The van der Waals surface area contributed by atoms with E-state index in [9.17, 15) is 19.2 Å². The monoisotopic (exact) mass is 344 g/mol. The molecule has 0 radical (unpaired) electrons. The summed E-state index contributed by atoms with van der Waals surface area (Å²) in [6, 6.07) is -3.18. The summed E-state index contributed by atoms with van der Waals surface area (Å²) in [5.41, 5.74) is 10.5. The van der Waals surface area contributed by atoms with Crippen molar-refractivity contribution in [2.45, 2.75) is 58.7 Å². The summed E-state index contributed by atoms with van der Waals surface area (Å²) in [5.74, 6) is -3.43. The molecule has 0 saturated heterocycles. The van der Waals surface area contributed by atoms with Gasteiger partial charge in [0.2, 0.25) is 17.7 Å². The zero-order valence-electron chi connectivity index (χ0n) is 14.5. The van der Waals surface area contributed by atoms with E-state index in [1.807, 2.05) is 13.8 Å². The van der Waals surface area contributed by atoms with Gasteiger partial charge in [0, 0.05) is 0 Å². The molecule has 0 saturated carbocycles. The molecule has 0 bridgehead atoms. The molecule has 24 heavy (non-hydrogen) atoms. The third kappa shape index (κ3) is 7.91. The number of carbonyl (C=O) groups excluding carboxylic acids is 3. The van der Waals surface area contributed by atoms with Crippen LogP contribution in [0.15, 0.2) is 0 Å². The van der Waals surface area contributed by atoms with E-state index in [0.717, 1.165) is 0 Å². The number of rotatable bonds is 10. The lowest BCUT2D eigenvalue weighted by Crippen LogP contribution is -2.56. The van der Waals surface area contributed by atoms with Crippen molar-refractivity contribution in [2.75, 3.05) is 0 Å². The molecule has 7 N–H and O–H groups in total. The summed E-state index contributed by atoms with van der Waals surface area (Å²) in [6.07, 6.45) is -0.0447. The minimum absolute atomic E-state index is 0.0655. The number of primary amides is 1. The average Bonchev–Trinajstić information content (AvgIpc) is 2.41. The number of nitrogens with two attached hydrogens (primary N) is 2. The Morgan fingerprint density at radius 2 is 1.54 bits per heavy atom. The fourth-order valence-electron chi connectivity index (χ4n) is 2.06. The van der Waals surface area contributed by atoms with Crippen LogP contribution in [0.3, 0.4) is 0 Å². The van der Waals surface area contributed by atoms with Crippen LogP contribution in [-0.4, -0.2) is 46.9 Å². The maximum absolute atomic E-state index is 12.4. The molecule has 0 aromatic heterocycles. The van der Waals surface area contributed by atoms with Gasteiger partial charge >= 0.3 is 5.97 Å². The van der Waals surface area contributed by atoms with Gasteiger partial charge < -0.3 is 27.2 Å². The molecule has 0 aliphatic heterocycles. The van der Waals surface area contributed by atoms with Gasteiger partial charge in [0.05, 0.1) is 12.5 Å². The largest absolute Gasteiger partial charge is 0.480 e. The van der Waals surface area contributed by atoms with Crippen LogP contribution in [-0.2, 0) is 19.2 Å². The Morgan fingerprint density at radius 3 is 1.92 bits per heavy atom. The van der Waals surface area contributed by atoms with E-state index in [0.29, 0.717) is 6.42 Å². The van der Waals surface area contributed by atoms with E-state index >= 15 is 0 Å². The number of aliphatic carboxylic acids is 1. The van der Waals surface area contributed by atoms with Crippen LogP contribution in [0.25, 0.3) is 0 Å². The van der Waals surface area contributed by atoms with Gasteiger partial charge in [-0.15, -0.1) is 0 Å². The molecule has 3 amide bonds. The Kier molecular flexibility index (Phi) is 8.97. The highest BCUT2D eigenvalue weighted by atomic mass is 16.4. The third-order valence-electron chi connectivity index (χ3n) is 3.33. The van der Waals surface area contributed by atoms with Crippen LogP contribution in [0.2, 0.25) is 0 Å².